The topological polar surface area (TPSA) is 84.2 Å². The Hall–Kier alpha value is -2.84. The third-order valence-electron chi connectivity index (χ3n) is 4.61. The van der Waals surface area contributed by atoms with E-state index < -0.39 is 11.4 Å². The van der Waals surface area contributed by atoms with Crippen molar-refractivity contribution in [1.82, 2.24) is 14.9 Å². The van der Waals surface area contributed by atoms with Gasteiger partial charge in [-0.3, -0.25) is 14.2 Å². The van der Waals surface area contributed by atoms with E-state index in [-0.39, 0.29) is 31.3 Å². The number of carbonyl (C=O) groups is 1. The summed E-state index contributed by atoms with van der Waals surface area (Å²) in [4.78, 5) is 30.1. The van der Waals surface area contributed by atoms with Crippen LogP contribution in [0.2, 0.25) is 0 Å². The van der Waals surface area contributed by atoms with Gasteiger partial charge in [0.05, 0.1) is 0 Å². The van der Waals surface area contributed by atoms with Crippen LogP contribution in [0.1, 0.15) is 16.8 Å². The molecule has 0 spiro atoms. The number of nitrogens with one attached hydrogen (secondary N) is 1. The van der Waals surface area contributed by atoms with Crippen LogP contribution in [-0.2, 0) is 24.3 Å². The lowest BCUT2D eigenvalue weighted by molar-refractivity contribution is -0.121. The third kappa shape index (κ3) is 5.20. The van der Waals surface area contributed by atoms with Crippen molar-refractivity contribution in [3.05, 3.63) is 86.0 Å². The van der Waals surface area contributed by atoms with Crippen LogP contribution in [0.25, 0.3) is 11.4 Å². The Kier molecular flexibility index (Phi) is 7.12. The molecule has 0 aliphatic rings. The number of nitrogens with zero attached hydrogens (tertiary/aromatic N) is 2. The molecule has 156 valence electrons. The molecule has 30 heavy (non-hydrogen) atoms. The Morgan fingerprint density at radius 3 is 2.63 bits per heavy atom. The minimum Gasteiger partial charge on any atom is -0.396 e. The van der Waals surface area contributed by atoms with E-state index in [1.165, 1.54) is 28.8 Å². The summed E-state index contributed by atoms with van der Waals surface area (Å²) in [6.45, 7) is 1.53. The van der Waals surface area contributed by atoms with Crippen LogP contribution < -0.4 is 10.9 Å². The highest BCUT2D eigenvalue weighted by molar-refractivity contribution is 9.10. The van der Waals surface area contributed by atoms with Crippen LogP contribution >= 0.6 is 15.9 Å². The number of aryl methyl sites for hydroxylation is 1. The minimum absolute atomic E-state index is 0.140. The second kappa shape index (κ2) is 9.77. The molecule has 2 aromatic carbocycles. The molecule has 8 heteroatoms. The second-order valence-corrected chi connectivity index (χ2v) is 7.69. The molecule has 0 atom stereocenters. The van der Waals surface area contributed by atoms with E-state index in [1.54, 1.807) is 6.92 Å². The van der Waals surface area contributed by atoms with Crippen LogP contribution in [0.5, 0.6) is 0 Å². The molecule has 0 saturated carbocycles. The lowest BCUT2D eigenvalue weighted by Gasteiger charge is -2.16. The molecular weight excluding hydrogens is 453 g/mol. The van der Waals surface area contributed by atoms with Crippen molar-refractivity contribution in [2.75, 3.05) is 6.61 Å². The van der Waals surface area contributed by atoms with Crippen molar-refractivity contribution in [3.63, 3.8) is 0 Å². The number of benzene rings is 2. The van der Waals surface area contributed by atoms with Crippen molar-refractivity contribution in [2.45, 2.75) is 26.4 Å². The summed E-state index contributed by atoms with van der Waals surface area (Å²) in [5.74, 6) is -0.495. The largest absolute Gasteiger partial charge is 0.396 e. The van der Waals surface area contributed by atoms with Crippen LogP contribution in [0.15, 0.2) is 57.8 Å². The van der Waals surface area contributed by atoms with Gasteiger partial charge in [0.1, 0.15) is 18.2 Å². The van der Waals surface area contributed by atoms with Crippen LogP contribution in [-0.4, -0.2) is 27.2 Å². The molecule has 0 radical (unpaired) electrons. The summed E-state index contributed by atoms with van der Waals surface area (Å²) < 4.78 is 15.5. The first kappa shape index (κ1) is 21.9. The highest BCUT2D eigenvalue weighted by atomic mass is 79.9. The van der Waals surface area contributed by atoms with Crippen molar-refractivity contribution < 1.29 is 14.3 Å². The molecule has 3 aromatic rings. The van der Waals surface area contributed by atoms with Crippen LogP contribution in [0.4, 0.5) is 4.39 Å². The lowest BCUT2D eigenvalue weighted by Crippen LogP contribution is -2.35. The Labute approximate surface area is 181 Å². The summed E-state index contributed by atoms with van der Waals surface area (Å²) in [5, 5.41) is 12.1. The van der Waals surface area contributed by atoms with Gasteiger partial charge in [-0.1, -0.05) is 28.1 Å². The van der Waals surface area contributed by atoms with E-state index in [4.69, 9.17) is 0 Å². The van der Waals surface area contributed by atoms with Gasteiger partial charge in [0.2, 0.25) is 5.91 Å². The minimum atomic E-state index is -0.409. The van der Waals surface area contributed by atoms with E-state index in [9.17, 15) is 19.1 Å². The van der Waals surface area contributed by atoms with Gasteiger partial charge >= 0.3 is 0 Å². The molecule has 1 aromatic heterocycles. The quantitative estimate of drug-likeness (QED) is 0.552. The number of aromatic nitrogens is 2. The number of rotatable bonds is 7. The fraction of sp³-hybridized carbons (Fsp3) is 0.227. The summed E-state index contributed by atoms with van der Waals surface area (Å²) in [6.07, 6.45) is 0.140. The van der Waals surface area contributed by atoms with E-state index >= 15 is 0 Å². The van der Waals surface area contributed by atoms with E-state index in [0.717, 1.165) is 10.0 Å². The Morgan fingerprint density at radius 2 is 1.97 bits per heavy atom. The van der Waals surface area contributed by atoms with E-state index in [0.29, 0.717) is 23.4 Å². The molecule has 6 nitrogen and oxygen atoms in total. The highest BCUT2D eigenvalue weighted by Gasteiger charge is 2.17. The van der Waals surface area contributed by atoms with Crippen molar-refractivity contribution in [1.29, 1.82) is 0 Å². The fourth-order valence-electron chi connectivity index (χ4n) is 3.11. The molecular formula is C22H21BrFN3O3. The maximum Gasteiger partial charge on any atom is 0.257 e. The van der Waals surface area contributed by atoms with Gasteiger partial charge < -0.3 is 10.4 Å². The van der Waals surface area contributed by atoms with Gasteiger partial charge in [-0.15, -0.1) is 0 Å². The van der Waals surface area contributed by atoms with Gasteiger partial charge in [-0.25, -0.2) is 9.37 Å². The SMILES string of the molecule is Cc1nc(-c2ccc(F)cc2)n(CC(=O)NCc2cccc(Br)c2)c(=O)c1CCO. The second-order valence-electron chi connectivity index (χ2n) is 6.78. The zero-order valence-electron chi connectivity index (χ0n) is 16.4. The molecule has 0 aliphatic heterocycles. The zero-order chi connectivity index (χ0) is 21.7. The molecule has 1 amide bonds. The number of amides is 1. The molecule has 3 rings (SSSR count). The maximum absolute atomic E-state index is 13.3. The number of halogens is 2. The lowest BCUT2D eigenvalue weighted by atomic mass is 10.1. The fourth-order valence-corrected chi connectivity index (χ4v) is 3.56. The molecule has 0 unspecified atom stereocenters. The Balaban J connectivity index is 1.92. The monoisotopic (exact) mass is 473 g/mol. The number of hydrogen-bond acceptors (Lipinski definition) is 4. The number of carbonyl (C=O) groups excluding carboxylic acids is 1. The van der Waals surface area contributed by atoms with E-state index in [1.807, 2.05) is 24.3 Å². The Bertz CT molecular complexity index is 1110. The summed E-state index contributed by atoms with van der Waals surface area (Å²) in [5.41, 5.74) is 1.86. The number of hydrogen-bond donors (Lipinski definition) is 2. The van der Waals surface area contributed by atoms with Crippen molar-refractivity contribution in [2.24, 2.45) is 0 Å². The Morgan fingerprint density at radius 1 is 1.23 bits per heavy atom. The smallest absolute Gasteiger partial charge is 0.257 e. The third-order valence-corrected chi connectivity index (χ3v) is 5.11. The maximum atomic E-state index is 13.3. The first-order chi connectivity index (χ1) is 14.4. The molecule has 0 bridgehead atoms. The average Bonchev–Trinajstić information content (AvgIpc) is 2.72. The average molecular weight is 474 g/mol. The zero-order valence-corrected chi connectivity index (χ0v) is 17.9. The molecule has 0 aliphatic carbocycles. The van der Waals surface area contributed by atoms with E-state index in [2.05, 4.69) is 26.2 Å². The molecule has 0 saturated heterocycles. The van der Waals surface area contributed by atoms with Crippen molar-refractivity contribution in [3.8, 4) is 11.4 Å². The summed E-state index contributed by atoms with van der Waals surface area (Å²) >= 11 is 3.39. The van der Waals surface area contributed by atoms with Gasteiger partial charge in [0.25, 0.3) is 5.56 Å². The molecule has 2 N–H and O–H groups in total. The first-order valence-electron chi connectivity index (χ1n) is 9.37. The van der Waals surface area contributed by atoms with Gasteiger partial charge in [-0.2, -0.15) is 0 Å². The summed E-state index contributed by atoms with van der Waals surface area (Å²) in [6, 6.07) is 13.1. The van der Waals surface area contributed by atoms with Crippen LogP contribution in [0, 0.1) is 12.7 Å². The predicted molar refractivity (Wildman–Crippen MR) is 115 cm³/mol. The summed E-state index contributed by atoms with van der Waals surface area (Å²) in [7, 11) is 0. The standard InChI is InChI=1S/C22H21BrFN3O3/c1-14-19(9-10-28)22(30)27(21(26-14)16-5-7-18(24)8-6-16)13-20(29)25-12-15-3-2-4-17(23)11-15/h2-8,11,28H,9-10,12-13H2,1H3,(H,25,29). The normalized spacial score (nSPS) is 10.8. The number of aliphatic hydroxyl groups is 1. The van der Waals surface area contributed by atoms with Crippen molar-refractivity contribution >= 4 is 21.8 Å². The molecule has 1 heterocycles. The van der Waals surface area contributed by atoms with Crippen LogP contribution in [0.3, 0.4) is 0 Å². The number of aliphatic hydroxyl groups excluding tert-OH is 1. The first-order valence-corrected chi connectivity index (χ1v) is 10.2. The van der Waals surface area contributed by atoms with Gasteiger partial charge in [-0.05, 0) is 48.9 Å². The predicted octanol–water partition coefficient (Wildman–Crippen LogP) is 2.97. The van der Waals surface area contributed by atoms with Gasteiger partial charge in [0, 0.05) is 40.9 Å². The highest BCUT2D eigenvalue weighted by Crippen LogP contribution is 2.18. The molecule has 0 fully saturated rings. The van der Waals surface area contributed by atoms with Gasteiger partial charge in [0.15, 0.2) is 0 Å².